The van der Waals surface area contributed by atoms with E-state index < -0.39 is 42.8 Å². The maximum atomic E-state index is 13.7. The Bertz CT molecular complexity index is 2090. The minimum atomic E-state index is -4.48. The standard InChI is InChI=1S/C34H42F3N7O5S2/c1-32(2,34(35,36)37)23-49-28-18-20-44(41-28)31-30-25-15-10-9-14-24(25)13-8-6-7-11-19-43(22-33(3,4)50(5,45)46)27-16-12-17-29(40-27)51(47,48)42-26(39-30)21-38-31/h9-10,12,14-18,20-21H,6-8,11,13,19,22-23H2,1-5H3,(H,39,42). The summed E-state index contributed by atoms with van der Waals surface area (Å²) in [4.78, 5) is 15.5. The second-order valence-corrected chi connectivity index (χ2v) is 18.2. The maximum absolute atomic E-state index is 13.7. The number of sulfonamides is 1. The van der Waals surface area contributed by atoms with Crippen LogP contribution in [0.2, 0.25) is 0 Å². The van der Waals surface area contributed by atoms with Crippen molar-refractivity contribution in [3.05, 3.63) is 66.5 Å². The van der Waals surface area contributed by atoms with Crippen LogP contribution in [0.5, 0.6) is 5.88 Å². The van der Waals surface area contributed by atoms with Crippen molar-refractivity contribution in [3.8, 4) is 23.0 Å². The van der Waals surface area contributed by atoms with Crippen molar-refractivity contribution < 1.29 is 34.7 Å². The van der Waals surface area contributed by atoms with Crippen LogP contribution in [0.25, 0.3) is 17.1 Å². The number of pyridine rings is 1. The summed E-state index contributed by atoms with van der Waals surface area (Å²) >= 11 is 0. The van der Waals surface area contributed by atoms with E-state index in [0.29, 0.717) is 24.3 Å². The summed E-state index contributed by atoms with van der Waals surface area (Å²) in [6, 6.07) is 13.5. The van der Waals surface area contributed by atoms with Crippen molar-refractivity contribution in [3.63, 3.8) is 0 Å². The van der Waals surface area contributed by atoms with Gasteiger partial charge in [-0.25, -0.2) is 28.1 Å². The number of aromatic nitrogens is 5. The average Bonchev–Trinajstić information content (AvgIpc) is 3.52. The van der Waals surface area contributed by atoms with Gasteiger partial charge in [0.2, 0.25) is 5.88 Å². The Kier molecular flexibility index (Phi) is 10.7. The minimum Gasteiger partial charge on any atom is -0.476 e. The summed E-state index contributed by atoms with van der Waals surface area (Å²) in [6.45, 7) is 5.27. The number of halogens is 3. The molecule has 0 saturated carbocycles. The molecule has 4 aromatic rings. The average molecular weight is 750 g/mol. The van der Waals surface area contributed by atoms with Gasteiger partial charge in [-0.15, -0.1) is 5.10 Å². The molecule has 0 fully saturated rings. The van der Waals surface area contributed by atoms with Gasteiger partial charge in [-0.05, 0) is 64.7 Å². The molecule has 0 saturated heterocycles. The quantitative estimate of drug-likeness (QED) is 0.230. The molecular formula is C34H42F3N7O5S2. The molecule has 0 unspecified atom stereocenters. The zero-order valence-corrected chi connectivity index (χ0v) is 30.7. The van der Waals surface area contributed by atoms with E-state index in [1.807, 2.05) is 29.2 Å². The number of ether oxygens (including phenoxy) is 1. The number of aryl methyl sites for hydroxylation is 1. The Morgan fingerprint density at radius 3 is 2.39 bits per heavy atom. The van der Waals surface area contributed by atoms with Gasteiger partial charge in [0.1, 0.15) is 18.1 Å². The molecule has 3 aromatic heterocycles. The number of nitrogens with one attached hydrogen (secondary N) is 1. The normalized spacial score (nSPS) is 16.1. The summed E-state index contributed by atoms with van der Waals surface area (Å²) < 4.78 is 101. The highest BCUT2D eigenvalue weighted by Crippen LogP contribution is 2.38. The first kappa shape index (κ1) is 38.0. The van der Waals surface area contributed by atoms with E-state index >= 15 is 0 Å². The molecule has 4 bridgehead atoms. The lowest BCUT2D eigenvalue weighted by molar-refractivity contribution is -0.219. The van der Waals surface area contributed by atoms with Crippen LogP contribution in [0.15, 0.2) is 66.0 Å². The fourth-order valence-corrected chi connectivity index (χ4v) is 6.67. The van der Waals surface area contributed by atoms with Crippen molar-refractivity contribution in [1.29, 1.82) is 0 Å². The topological polar surface area (TPSA) is 149 Å². The number of benzene rings is 1. The highest BCUT2D eigenvalue weighted by Gasteiger charge is 2.48. The molecule has 1 aliphatic heterocycles. The lowest BCUT2D eigenvalue weighted by Gasteiger charge is -2.32. The van der Waals surface area contributed by atoms with Gasteiger partial charge in [-0.2, -0.15) is 21.6 Å². The fourth-order valence-electron chi connectivity index (χ4n) is 5.33. The number of nitrogens with zero attached hydrogens (tertiary/aromatic N) is 6. The Morgan fingerprint density at radius 1 is 0.941 bits per heavy atom. The molecule has 0 aliphatic carbocycles. The zero-order valence-electron chi connectivity index (χ0n) is 29.1. The van der Waals surface area contributed by atoms with Gasteiger partial charge in [0.05, 0.1) is 16.4 Å². The van der Waals surface area contributed by atoms with Crippen LogP contribution < -0.4 is 14.4 Å². The van der Waals surface area contributed by atoms with Crippen molar-refractivity contribution in [2.75, 3.05) is 35.6 Å². The highest BCUT2D eigenvalue weighted by atomic mass is 32.2. The number of sulfone groups is 1. The minimum absolute atomic E-state index is 0.0522. The van der Waals surface area contributed by atoms with Crippen LogP contribution in [-0.4, -0.2) is 78.4 Å². The molecule has 17 heteroatoms. The van der Waals surface area contributed by atoms with Crippen molar-refractivity contribution in [2.45, 2.75) is 75.7 Å². The number of fused-ring (bicyclic) bond motifs is 6. The van der Waals surface area contributed by atoms with E-state index in [2.05, 4.69) is 24.8 Å². The zero-order chi connectivity index (χ0) is 37.2. The first-order valence-electron chi connectivity index (χ1n) is 16.4. The van der Waals surface area contributed by atoms with Crippen molar-refractivity contribution in [2.24, 2.45) is 5.41 Å². The summed E-state index contributed by atoms with van der Waals surface area (Å²) in [5.74, 6) is 0.371. The van der Waals surface area contributed by atoms with Gasteiger partial charge in [-0.1, -0.05) is 43.2 Å². The van der Waals surface area contributed by atoms with Gasteiger partial charge < -0.3 is 9.64 Å². The Hall–Kier alpha value is -4.25. The fraction of sp³-hybridized carbons (Fsp3) is 0.471. The van der Waals surface area contributed by atoms with E-state index in [1.54, 1.807) is 26.0 Å². The van der Waals surface area contributed by atoms with Crippen molar-refractivity contribution >= 4 is 31.5 Å². The molecule has 5 rings (SSSR count). The van der Waals surface area contributed by atoms with Crippen molar-refractivity contribution in [1.82, 2.24) is 24.7 Å². The van der Waals surface area contributed by atoms with Gasteiger partial charge in [-0.3, -0.25) is 4.72 Å². The molecular weight excluding hydrogens is 708 g/mol. The third-order valence-corrected chi connectivity index (χ3v) is 12.3. The predicted octanol–water partition coefficient (Wildman–Crippen LogP) is 6.24. The molecule has 0 amide bonds. The SMILES string of the molecule is CC(C)(COc1ccn(-c2ncc3nc2-c2ccccc2CCCCCCN(CC(C)(C)S(C)(=O)=O)c2cccc(n2)S(=O)(=O)N3)n1)C(F)(F)F. The number of hydrogen-bond acceptors (Lipinski definition) is 10. The Balaban J connectivity index is 1.55. The van der Waals surface area contributed by atoms with Crippen LogP contribution in [0, 0.1) is 5.41 Å². The van der Waals surface area contributed by atoms with Gasteiger partial charge in [0.15, 0.2) is 26.5 Å². The molecule has 1 aliphatic rings. The summed E-state index contributed by atoms with van der Waals surface area (Å²) in [7, 11) is -7.77. The first-order valence-corrected chi connectivity index (χ1v) is 19.8. The number of anilines is 2. The molecule has 51 heavy (non-hydrogen) atoms. The van der Waals surface area contributed by atoms with E-state index in [0.717, 1.165) is 45.1 Å². The van der Waals surface area contributed by atoms with Gasteiger partial charge in [0.25, 0.3) is 10.0 Å². The molecule has 0 spiro atoms. The lowest BCUT2D eigenvalue weighted by atomic mass is 9.94. The molecule has 276 valence electrons. The molecule has 0 radical (unpaired) electrons. The molecule has 12 nitrogen and oxygen atoms in total. The summed E-state index contributed by atoms with van der Waals surface area (Å²) in [6.07, 6.45) is 3.31. The monoisotopic (exact) mass is 749 g/mol. The van der Waals surface area contributed by atoms with Gasteiger partial charge in [0, 0.05) is 37.2 Å². The van der Waals surface area contributed by atoms with Gasteiger partial charge >= 0.3 is 6.18 Å². The third-order valence-electron chi connectivity index (χ3n) is 8.90. The molecule has 1 aromatic carbocycles. The highest BCUT2D eigenvalue weighted by molar-refractivity contribution is 7.92. The van der Waals surface area contributed by atoms with Crippen LogP contribution in [0.4, 0.5) is 24.8 Å². The largest absolute Gasteiger partial charge is 0.476 e. The maximum Gasteiger partial charge on any atom is 0.397 e. The van der Waals surface area contributed by atoms with E-state index in [9.17, 15) is 30.0 Å². The van der Waals surface area contributed by atoms with E-state index in [4.69, 9.17) is 4.74 Å². The second-order valence-electron chi connectivity index (χ2n) is 13.9. The first-order chi connectivity index (χ1) is 23.8. The number of hydrogen-bond donors (Lipinski definition) is 1. The Morgan fingerprint density at radius 2 is 1.67 bits per heavy atom. The predicted molar refractivity (Wildman–Crippen MR) is 188 cm³/mol. The Labute approximate surface area is 296 Å². The van der Waals surface area contributed by atoms with E-state index in [1.165, 1.54) is 35.5 Å². The summed E-state index contributed by atoms with van der Waals surface area (Å²) in [5.41, 5.74) is -0.219. The second kappa shape index (κ2) is 14.4. The number of rotatable bonds is 7. The smallest absolute Gasteiger partial charge is 0.397 e. The molecule has 1 N–H and O–H groups in total. The van der Waals surface area contributed by atoms with Crippen LogP contribution in [0.1, 0.15) is 58.9 Å². The number of alkyl halides is 3. The molecule has 0 atom stereocenters. The molecule has 4 heterocycles. The van der Waals surface area contributed by atoms with E-state index in [-0.39, 0.29) is 34.8 Å². The van der Waals surface area contributed by atoms with Crippen LogP contribution in [-0.2, 0) is 26.3 Å². The lowest BCUT2D eigenvalue weighted by Crippen LogP contribution is -2.45. The third kappa shape index (κ3) is 8.80. The van der Waals surface area contributed by atoms with Crippen LogP contribution in [0.3, 0.4) is 0 Å². The summed E-state index contributed by atoms with van der Waals surface area (Å²) in [5, 5.41) is 4.02. The van der Waals surface area contributed by atoms with Crippen LogP contribution >= 0.6 is 0 Å².